The number of nitrogens with zero attached hydrogens (tertiary/aromatic N) is 6. The monoisotopic (exact) mass is 741 g/mol. The van der Waals surface area contributed by atoms with Crippen LogP contribution in [0.3, 0.4) is 0 Å². The van der Waals surface area contributed by atoms with E-state index in [-0.39, 0.29) is 55.3 Å². The van der Waals surface area contributed by atoms with E-state index in [9.17, 15) is 24.6 Å². The predicted octanol–water partition coefficient (Wildman–Crippen LogP) is 2.79. The van der Waals surface area contributed by atoms with Crippen molar-refractivity contribution in [3.8, 4) is 27.4 Å². The maximum atomic E-state index is 14.1. The molecule has 14 nitrogen and oxygen atoms in total. The third-order valence-corrected chi connectivity index (χ3v) is 10.8. The molecule has 3 atom stereocenters. The van der Waals surface area contributed by atoms with Gasteiger partial charge in [0.1, 0.15) is 11.8 Å². The summed E-state index contributed by atoms with van der Waals surface area (Å²) in [6.45, 7) is 9.77. The number of nitrogens with one attached hydrogen (secondary N) is 2. The molecular weight excluding hydrogens is 695 g/mol. The number of likely N-dealkylation sites (tertiary alicyclic amines) is 1. The number of rotatable bonds is 10. The molecule has 2 aliphatic heterocycles. The number of carbonyl (C=O) groups excluding carboxylic acids is 3. The van der Waals surface area contributed by atoms with Gasteiger partial charge in [-0.1, -0.05) is 57.2 Å². The van der Waals surface area contributed by atoms with E-state index in [0.29, 0.717) is 43.1 Å². The molecule has 2 fully saturated rings. The first-order valence-corrected chi connectivity index (χ1v) is 18.6. The number of amides is 3. The molecule has 0 saturated carbocycles. The molecule has 2 aromatic heterocycles. The summed E-state index contributed by atoms with van der Waals surface area (Å²) in [6, 6.07) is 15.0. The topological polar surface area (TPSA) is 190 Å². The summed E-state index contributed by atoms with van der Waals surface area (Å²) >= 11 is 1.58. The van der Waals surface area contributed by atoms with Gasteiger partial charge in [0.05, 0.1) is 46.2 Å². The minimum absolute atomic E-state index is 0.0303. The second-order valence-electron chi connectivity index (χ2n) is 14.6. The molecule has 2 saturated heterocycles. The zero-order valence-electron chi connectivity index (χ0n) is 30.5. The van der Waals surface area contributed by atoms with E-state index in [1.807, 2.05) is 62.4 Å². The molecule has 0 spiro atoms. The van der Waals surface area contributed by atoms with Crippen LogP contribution in [0.2, 0.25) is 0 Å². The summed E-state index contributed by atoms with van der Waals surface area (Å²) < 4.78 is 0. The Labute approximate surface area is 313 Å². The van der Waals surface area contributed by atoms with Crippen LogP contribution in [0.1, 0.15) is 38.4 Å². The number of anilines is 2. The van der Waals surface area contributed by atoms with Gasteiger partial charge in [0.25, 0.3) is 0 Å². The molecule has 6 rings (SSSR count). The molecule has 6 N–H and O–H groups in total. The second kappa shape index (κ2) is 15.9. The number of hydrogen-bond donors (Lipinski definition) is 5. The SMILES string of the molecule is Cc1ncsc1-c1ccc(CNC(=O)[C@@H]2C[C@@H](O)CN2C(=O)C(NCC(=O)N2CCN(c3cc(-c4ccccc4O)nnc3N)CC2)C(C)(C)C)cc1. The van der Waals surface area contributed by atoms with Crippen LogP contribution in [0.4, 0.5) is 11.5 Å². The number of aliphatic hydroxyl groups excluding tert-OH is 1. The third-order valence-electron chi connectivity index (χ3n) is 9.82. The number of aromatic nitrogens is 3. The number of aryl methyl sites for hydroxylation is 1. The number of thiazole rings is 1. The van der Waals surface area contributed by atoms with Gasteiger partial charge in [0, 0.05) is 51.3 Å². The Kier molecular flexibility index (Phi) is 11.3. The first-order valence-electron chi connectivity index (χ1n) is 17.7. The zero-order chi connectivity index (χ0) is 37.9. The number of hydrogen-bond acceptors (Lipinski definition) is 12. The van der Waals surface area contributed by atoms with E-state index in [0.717, 1.165) is 21.7 Å². The van der Waals surface area contributed by atoms with Gasteiger partial charge in [-0.2, -0.15) is 0 Å². The summed E-state index contributed by atoms with van der Waals surface area (Å²) in [5.74, 6) is -0.483. The first kappa shape index (κ1) is 37.6. The van der Waals surface area contributed by atoms with Crippen LogP contribution in [-0.2, 0) is 20.9 Å². The van der Waals surface area contributed by atoms with Gasteiger partial charge in [-0.25, -0.2) is 4.98 Å². The van der Waals surface area contributed by atoms with Crippen molar-refractivity contribution in [2.24, 2.45) is 5.41 Å². The number of phenols is 1. The van der Waals surface area contributed by atoms with E-state index in [1.54, 1.807) is 46.6 Å². The molecule has 3 amide bonds. The number of phenolic OH excluding ortho intramolecular Hbond substituents is 1. The molecule has 4 heterocycles. The predicted molar refractivity (Wildman–Crippen MR) is 204 cm³/mol. The summed E-state index contributed by atoms with van der Waals surface area (Å²) in [5, 5.41) is 35.3. The number of para-hydroxylation sites is 1. The quantitative estimate of drug-likeness (QED) is 0.161. The highest BCUT2D eigenvalue weighted by molar-refractivity contribution is 7.13. The van der Waals surface area contributed by atoms with Gasteiger partial charge in [0.2, 0.25) is 17.7 Å². The van der Waals surface area contributed by atoms with Crippen molar-refractivity contribution in [1.29, 1.82) is 0 Å². The molecule has 1 unspecified atom stereocenters. The lowest BCUT2D eigenvalue weighted by atomic mass is 9.85. The number of benzene rings is 2. The second-order valence-corrected chi connectivity index (χ2v) is 15.5. The smallest absolute Gasteiger partial charge is 0.243 e. The van der Waals surface area contributed by atoms with Crippen molar-refractivity contribution >= 4 is 40.6 Å². The lowest BCUT2D eigenvalue weighted by molar-refractivity contribution is -0.142. The minimum Gasteiger partial charge on any atom is -0.507 e. The number of carbonyl (C=O) groups is 3. The van der Waals surface area contributed by atoms with Crippen LogP contribution in [-0.4, -0.2) is 110 Å². The number of nitrogen functional groups attached to an aromatic ring is 1. The van der Waals surface area contributed by atoms with Gasteiger partial charge in [-0.05, 0) is 41.7 Å². The van der Waals surface area contributed by atoms with Gasteiger partial charge in [-0.3, -0.25) is 19.7 Å². The van der Waals surface area contributed by atoms with Crippen LogP contribution in [0, 0.1) is 12.3 Å². The number of piperazine rings is 1. The van der Waals surface area contributed by atoms with E-state index < -0.39 is 23.6 Å². The molecule has 280 valence electrons. The van der Waals surface area contributed by atoms with Crippen LogP contribution in [0.15, 0.2) is 60.1 Å². The fraction of sp³-hybridized carbons (Fsp3) is 0.421. The molecule has 0 aliphatic carbocycles. The summed E-state index contributed by atoms with van der Waals surface area (Å²) in [4.78, 5) is 51.6. The molecule has 0 bridgehead atoms. The maximum Gasteiger partial charge on any atom is 0.243 e. The fourth-order valence-corrected chi connectivity index (χ4v) is 7.67. The largest absolute Gasteiger partial charge is 0.507 e. The van der Waals surface area contributed by atoms with Gasteiger partial charge >= 0.3 is 0 Å². The standard InChI is InChI=1S/C38H47N9O5S/c1-23-33(53-22-42-23)25-11-9-24(10-12-25)19-41-36(51)30-17-26(48)21-47(30)37(52)34(38(2,3)4)40-20-32(50)46-15-13-45(14-16-46)29-18-28(43-44-35(29)39)27-7-5-6-8-31(27)49/h5-12,18,22,26,30,34,40,48-49H,13-17,19-21H2,1-4H3,(H2,39,44)(H,41,51)/t26-,30+,34?/m1/s1. The number of β-amino-alcohol motifs (C(OH)–C–C–N with tert-alkyl or cyclic N) is 1. The number of aromatic hydroxyl groups is 1. The zero-order valence-corrected chi connectivity index (χ0v) is 31.3. The van der Waals surface area contributed by atoms with E-state index >= 15 is 0 Å². The first-order chi connectivity index (χ1) is 25.3. The Bertz CT molecular complexity index is 1940. The van der Waals surface area contributed by atoms with Gasteiger partial charge in [-0.15, -0.1) is 21.5 Å². The van der Waals surface area contributed by atoms with Crippen LogP contribution in [0.25, 0.3) is 21.7 Å². The average molecular weight is 742 g/mol. The van der Waals surface area contributed by atoms with Gasteiger partial charge in [0.15, 0.2) is 5.82 Å². The Morgan fingerprint density at radius 3 is 2.42 bits per heavy atom. The fourth-order valence-electron chi connectivity index (χ4n) is 6.86. The van der Waals surface area contributed by atoms with Crippen molar-refractivity contribution in [2.45, 2.75) is 58.8 Å². The minimum atomic E-state index is -0.839. The van der Waals surface area contributed by atoms with Gasteiger partial charge < -0.3 is 36.0 Å². The summed E-state index contributed by atoms with van der Waals surface area (Å²) in [5.41, 5.74) is 12.1. The average Bonchev–Trinajstić information content (AvgIpc) is 3.76. The molecule has 2 aliphatic rings. The van der Waals surface area contributed by atoms with E-state index in [2.05, 4.69) is 25.8 Å². The highest BCUT2D eigenvalue weighted by Gasteiger charge is 2.44. The van der Waals surface area contributed by atoms with Crippen molar-refractivity contribution in [3.63, 3.8) is 0 Å². The van der Waals surface area contributed by atoms with E-state index in [1.165, 1.54) is 4.90 Å². The number of nitrogens with two attached hydrogens (primary N) is 1. The van der Waals surface area contributed by atoms with Crippen molar-refractivity contribution < 1.29 is 24.6 Å². The van der Waals surface area contributed by atoms with Crippen molar-refractivity contribution in [2.75, 3.05) is 49.9 Å². The molecule has 53 heavy (non-hydrogen) atoms. The Hall–Kier alpha value is -5.12. The van der Waals surface area contributed by atoms with Crippen LogP contribution < -0.4 is 21.3 Å². The van der Waals surface area contributed by atoms with Crippen molar-refractivity contribution in [1.82, 2.24) is 35.6 Å². The maximum absolute atomic E-state index is 14.1. The molecule has 15 heteroatoms. The van der Waals surface area contributed by atoms with E-state index in [4.69, 9.17) is 5.73 Å². The van der Waals surface area contributed by atoms with Crippen molar-refractivity contribution in [3.05, 3.63) is 71.4 Å². The third kappa shape index (κ3) is 8.58. The van der Waals surface area contributed by atoms with Crippen LogP contribution >= 0.6 is 11.3 Å². The van der Waals surface area contributed by atoms with Crippen LogP contribution in [0.5, 0.6) is 5.75 Å². The lowest BCUT2D eigenvalue weighted by Gasteiger charge is -2.38. The number of aliphatic hydroxyl groups is 1. The normalized spacial score (nSPS) is 18.2. The molecule has 2 aromatic carbocycles. The summed E-state index contributed by atoms with van der Waals surface area (Å²) in [6.07, 6.45) is -0.707. The molecule has 0 radical (unpaired) electrons. The molecular formula is C38H47N9O5S. The molecule has 4 aromatic rings. The lowest BCUT2D eigenvalue weighted by Crippen LogP contribution is -2.58. The Balaban J connectivity index is 1.04. The highest BCUT2D eigenvalue weighted by Crippen LogP contribution is 2.32. The Morgan fingerprint density at radius 1 is 1.04 bits per heavy atom. The highest BCUT2D eigenvalue weighted by atomic mass is 32.1. The summed E-state index contributed by atoms with van der Waals surface area (Å²) in [7, 11) is 0. The Morgan fingerprint density at radius 2 is 1.75 bits per heavy atom.